The van der Waals surface area contributed by atoms with Crippen LogP contribution in [-0.4, -0.2) is 29.6 Å². The number of nitrogens with two attached hydrogens (primary N) is 1. The molecule has 21 heavy (non-hydrogen) atoms. The number of aliphatic carboxylic acids is 1. The molecular weight excluding hydrogens is 336 g/mol. The third kappa shape index (κ3) is 3.37. The van der Waals surface area contributed by atoms with E-state index in [0.717, 1.165) is 17.3 Å². The summed E-state index contributed by atoms with van der Waals surface area (Å²) in [5, 5.41) is 9.50. The molecule has 1 aliphatic heterocycles. The lowest BCUT2D eigenvalue weighted by molar-refractivity contribution is -0.139. The molecule has 0 saturated carbocycles. The number of primary amides is 1. The average Bonchev–Trinajstić information content (AvgIpc) is 2.46. The minimum atomic E-state index is -0.855. The largest absolute Gasteiger partial charge is 0.480 e. The second kappa shape index (κ2) is 6.47. The van der Waals surface area contributed by atoms with Gasteiger partial charge in [-0.15, -0.1) is 0 Å². The van der Waals surface area contributed by atoms with Crippen molar-refractivity contribution in [3.63, 3.8) is 0 Å². The number of piperidine rings is 1. The molecule has 1 amide bonds. The molecule has 1 aromatic rings. The molecule has 6 heteroatoms. The molecule has 1 aromatic carbocycles. The first kappa shape index (κ1) is 15.8. The molecular formula is C15H19BrN2O3. The van der Waals surface area contributed by atoms with Crippen LogP contribution in [0.3, 0.4) is 0 Å². The fraction of sp³-hybridized carbons (Fsp3) is 0.467. The number of halogens is 1. The van der Waals surface area contributed by atoms with E-state index >= 15 is 0 Å². The van der Waals surface area contributed by atoms with E-state index in [4.69, 9.17) is 5.73 Å². The van der Waals surface area contributed by atoms with Crippen LogP contribution >= 0.6 is 15.9 Å². The summed E-state index contributed by atoms with van der Waals surface area (Å²) < 4.78 is 0.746. The van der Waals surface area contributed by atoms with Gasteiger partial charge >= 0.3 is 5.97 Å². The van der Waals surface area contributed by atoms with Crippen molar-refractivity contribution in [3.05, 3.63) is 28.2 Å². The third-order valence-corrected chi connectivity index (χ3v) is 4.60. The van der Waals surface area contributed by atoms with Gasteiger partial charge < -0.3 is 15.7 Å². The van der Waals surface area contributed by atoms with Crippen LogP contribution in [0.15, 0.2) is 22.7 Å². The van der Waals surface area contributed by atoms with Crippen molar-refractivity contribution in [2.24, 2.45) is 11.7 Å². The molecule has 0 bridgehead atoms. The maximum absolute atomic E-state index is 11.6. The molecule has 2 rings (SSSR count). The number of hydrogen-bond donors (Lipinski definition) is 2. The standard InChI is InChI=1S/C15H19BrN2O3/c1-2-9-5-6-18(13(7-9)15(20)21)12-4-3-10(16)8-11(12)14(17)19/h3-4,8-9,13H,2,5-7H2,1H3,(H2,17,19)(H,20,21). The highest BCUT2D eigenvalue weighted by atomic mass is 79.9. The second-order valence-corrected chi connectivity index (χ2v) is 6.29. The SMILES string of the molecule is CCC1CCN(c2ccc(Br)cc2C(N)=O)C(C(=O)O)C1. The predicted octanol–water partition coefficient (Wildman–Crippen LogP) is 2.63. The molecule has 3 N–H and O–H groups in total. The molecule has 0 spiro atoms. The fourth-order valence-corrected chi connectivity index (χ4v) is 3.25. The number of amides is 1. The Bertz CT molecular complexity index is 562. The van der Waals surface area contributed by atoms with Crippen LogP contribution in [0.1, 0.15) is 36.5 Å². The van der Waals surface area contributed by atoms with Crippen molar-refractivity contribution < 1.29 is 14.7 Å². The highest BCUT2D eigenvalue weighted by Gasteiger charge is 2.34. The Kier molecular flexibility index (Phi) is 4.88. The number of carboxylic acids is 1. The summed E-state index contributed by atoms with van der Waals surface area (Å²) >= 11 is 3.31. The maximum atomic E-state index is 11.6. The molecule has 0 radical (unpaired) electrons. The molecule has 2 atom stereocenters. The molecule has 5 nitrogen and oxygen atoms in total. The van der Waals surface area contributed by atoms with Crippen LogP contribution < -0.4 is 10.6 Å². The number of anilines is 1. The smallest absolute Gasteiger partial charge is 0.326 e. The fourth-order valence-electron chi connectivity index (χ4n) is 2.89. The number of carboxylic acid groups (broad SMARTS) is 1. The normalized spacial score (nSPS) is 22.1. The van der Waals surface area contributed by atoms with E-state index in [1.165, 1.54) is 0 Å². The lowest BCUT2D eigenvalue weighted by Crippen LogP contribution is -2.48. The Labute approximate surface area is 132 Å². The van der Waals surface area contributed by atoms with Gasteiger partial charge in [-0.1, -0.05) is 29.3 Å². The Balaban J connectivity index is 2.40. The summed E-state index contributed by atoms with van der Waals surface area (Å²) in [6.07, 6.45) is 2.50. The van der Waals surface area contributed by atoms with Crippen LogP contribution in [0, 0.1) is 5.92 Å². The van der Waals surface area contributed by atoms with Gasteiger partial charge in [-0.2, -0.15) is 0 Å². The van der Waals surface area contributed by atoms with Gasteiger partial charge in [0.05, 0.1) is 11.3 Å². The van der Waals surface area contributed by atoms with E-state index in [-0.39, 0.29) is 0 Å². The number of carbonyl (C=O) groups is 2. The van der Waals surface area contributed by atoms with Gasteiger partial charge in [-0.25, -0.2) is 4.79 Å². The van der Waals surface area contributed by atoms with Crippen LogP contribution in [0.25, 0.3) is 0 Å². The molecule has 2 unspecified atom stereocenters. The summed E-state index contributed by atoms with van der Waals surface area (Å²) in [5.41, 5.74) is 6.39. The lowest BCUT2D eigenvalue weighted by Gasteiger charge is -2.39. The number of benzene rings is 1. The Hall–Kier alpha value is -1.56. The van der Waals surface area contributed by atoms with Gasteiger partial charge in [0.15, 0.2) is 0 Å². The first-order valence-electron chi connectivity index (χ1n) is 7.02. The lowest BCUT2D eigenvalue weighted by atomic mass is 9.88. The molecule has 0 aromatic heterocycles. The molecule has 114 valence electrons. The molecule has 1 saturated heterocycles. The first-order valence-corrected chi connectivity index (χ1v) is 7.82. The van der Waals surface area contributed by atoms with E-state index in [0.29, 0.717) is 30.1 Å². The highest BCUT2D eigenvalue weighted by Crippen LogP contribution is 2.33. The number of carbonyl (C=O) groups excluding carboxylic acids is 1. The summed E-state index contributed by atoms with van der Waals surface area (Å²) in [7, 11) is 0. The third-order valence-electron chi connectivity index (χ3n) is 4.11. The number of nitrogens with zero attached hydrogens (tertiary/aromatic N) is 1. The van der Waals surface area contributed by atoms with Crippen molar-refractivity contribution in [1.82, 2.24) is 0 Å². The summed E-state index contributed by atoms with van der Waals surface area (Å²) in [6, 6.07) is 4.59. The minimum absolute atomic E-state index is 0.352. The van der Waals surface area contributed by atoms with Crippen LogP contribution in [0.2, 0.25) is 0 Å². The van der Waals surface area contributed by atoms with E-state index in [9.17, 15) is 14.7 Å². The van der Waals surface area contributed by atoms with Gasteiger partial charge in [-0.3, -0.25) is 4.79 Å². The summed E-state index contributed by atoms with van der Waals surface area (Å²) in [4.78, 5) is 25.0. The van der Waals surface area contributed by atoms with Crippen molar-refractivity contribution in [1.29, 1.82) is 0 Å². The Morgan fingerprint density at radius 1 is 1.48 bits per heavy atom. The Morgan fingerprint density at radius 2 is 2.19 bits per heavy atom. The van der Waals surface area contributed by atoms with Gasteiger partial charge in [0, 0.05) is 11.0 Å². The van der Waals surface area contributed by atoms with Gasteiger partial charge in [0.25, 0.3) is 5.91 Å². The number of rotatable bonds is 4. The average molecular weight is 355 g/mol. The van der Waals surface area contributed by atoms with Crippen molar-refractivity contribution in [3.8, 4) is 0 Å². The van der Waals surface area contributed by atoms with Gasteiger partial charge in [-0.05, 0) is 37.0 Å². The predicted molar refractivity (Wildman–Crippen MR) is 84.4 cm³/mol. The molecule has 0 aliphatic carbocycles. The second-order valence-electron chi connectivity index (χ2n) is 5.37. The molecule has 1 aliphatic rings. The van der Waals surface area contributed by atoms with Crippen LogP contribution in [0.4, 0.5) is 5.69 Å². The van der Waals surface area contributed by atoms with Crippen molar-refractivity contribution in [2.45, 2.75) is 32.2 Å². The highest BCUT2D eigenvalue weighted by molar-refractivity contribution is 9.10. The van der Waals surface area contributed by atoms with E-state index in [2.05, 4.69) is 22.9 Å². The molecule has 1 heterocycles. The maximum Gasteiger partial charge on any atom is 0.326 e. The zero-order valence-corrected chi connectivity index (χ0v) is 13.5. The quantitative estimate of drug-likeness (QED) is 0.870. The number of hydrogen-bond acceptors (Lipinski definition) is 3. The first-order chi connectivity index (χ1) is 9.93. The summed E-state index contributed by atoms with van der Waals surface area (Å²) in [5.74, 6) is -0.991. The Morgan fingerprint density at radius 3 is 2.76 bits per heavy atom. The van der Waals surface area contributed by atoms with E-state index < -0.39 is 17.9 Å². The monoisotopic (exact) mass is 354 g/mol. The summed E-state index contributed by atoms with van der Waals surface area (Å²) in [6.45, 7) is 2.70. The minimum Gasteiger partial charge on any atom is -0.480 e. The van der Waals surface area contributed by atoms with Crippen molar-refractivity contribution in [2.75, 3.05) is 11.4 Å². The van der Waals surface area contributed by atoms with Gasteiger partial charge in [0.2, 0.25) is 0 Å². The van der Waals surface area contributed by atoms with Crippen LogP contribution in [-0.2, 0) is 4.79 Å². The van der Waals surface area contributed by atoms with Gasteiger partial charge in [0.1, 0.15) is 6.04 Å². The van der Waals surface area contributed by atoms with Crippen LogP contribution in [0.5, 0.6) is 0 Å². The van der Waals surface area contributed by atoms with E-state index in [1.807, 2.05) is 0 Å². The zero-order valence-electron chi connectivity index (χ0n) is 11.9. The zero-order chi connectivity index (χ0) is 15.6. The van der Waals surface area contributed by atoms with E-state index in [1.54, 1.807) is 23.1 Å². The topological polar surface area (TPSA) is 83.6 Å². The van der Waals surface area contributed by atoms with Crippen molar-refractivity contribution >= 4 is 33.5 Å². The molecule has 1 fully saturated rings.